The Morgan fingerprint density at radius 2 is 1.64 bits per heavy atom. The molecule has 9 heteroatoms. The van der Waals surface area contributed by atoms with Crippen molar-refractivity contribution in [3.05, 3.63) is 12.2 Å². The zero-order chi connectivity index (χ0) is 19.3. The Kier molecular flexibility index (Phi) is 12.1. The Hall–Kier alpha value is -1.42. The predicted octanol–water partition coefficient (Wildman–Crippen LogP) is 2.57. The van der Waals surface area contributed by atoms with Gasteiger partial charge in [0.25, 0.3) is 0 Å². The number of carboxylic acid groups (broad SMARTS) is 1. The van der Waals surface area contributed by atoms with E-state index in [1.54, 1.807) is 6.92 Å². The fourth-order valence-electron chi connectivity index (χ4n) is 2.20. The molecule has 1 unspecified atom stereocenters. The van der Waals surface area contributed by atoms with Crippen LogP contribution in [0.4, 0.5) is 4.79 Å². The molecule has 0 fully saturated rings. The van der Waals surface area contributed by atoms with Crippen molar-refractivity contribution in [1.82, 2.24) is 5.32 Å². The van der Waals surface area contributed by atoms with E-state index in [1.165, 1.54) is 0 Å². The molecule has 1 atom stereocenters. The Balaban J connectivity index is 4.77. The van der Waals surface area contributed by atoms with Crippen molar-refractivity contribution in [3.63, 3.8) is 0 Å². The van der Waals surface area contributed by atoms with Crippen LogP contribution in [0, 0.1) is 0 Å². The summed E-state index contributed by atoms with van der Waals surface area (Å²) < 4.78 is 22.6. The van der Waals surface area contributed by atoms with E-state index in [-0.39, 0.29) is 12.1 Å². The van der Waals surface area contributed by atoms with Crippen LogP contribution in [0.3, 0.4) is 0 Å². The van der Waals surface area contributed by atoms with Gasteiger partial charge in [0.15, 0.2) is 0 Å². The summed E-state index contributed by atoms with van der Waals surface area (Å²) in [6.07, 6.45) is -0.682. The average molecular weight is 378 g/mol. The van der Waals surface area contributed by atoms with Crippen molar-refractivity contribution in [3.8, 4) is 0 Å². The van der Waals surface area contributed by atoms with E-state index in [4.69, 9.17) is 23.1 Å². The van der Waals surface area contributed by atoms with Crippen LogP contribution in [0.2, 0.25) is 6.04 Å². The fourth-order valence-corrected chi connectivity index (χ4v) is 4.84. The Bertz CT molecular complexity index is 414. The van der Waals surface area contributed by atoms with Crippen LogP contribution in [0.15, 0.2) is 12.2 Å². The van der Waals surface area contributed by atoms with Gasteiger partial charge in [-0.05, 0) is 40.5 Å². The van der Waals surface area contributed by atoms with Crippen LogP contribution in [-0.2, 0) is 22.8 Å². The summed E-state index contributed by atoms with van der Waals surface area (Å²) >= 11 is 0. The smallest absolute Gasteiger partial charge is 0.465 e. The lowest BCUT2D eigenvalue weighted by atomic mass is 10.2. The molecule has 0 aromatic heterocycles. The van der Waals surface area contributed by atoms with Gasteiger partial charge in [0.05, 0.1) is 6.54 Å². The van der Waals surface area contributed by atoms with Crippen molar-refractivity contribution in [1.29, 1.82) is 0 Å². The minimum absolute atomic E-state index is 0.0147. The fraction of sp³-hybridized carbons (Fsp3) is 0.750. The number of hydrogen-bond acceptors (Lipinski definition) is 6. The maximum Gasteiger partial charge on any atom is 0.500 e. The summed E-state index contributed by atoms with van der Waals surface area (Å²) in [4.78, 5) is 22.4. The van der Waals surface area contributed by atoms with Gasteiger partial charge in [0, 0.05) is 31.4 Å². The SMILES string of the molecule is C=C(C)C(=O)OC(CCC[Si](OCC)(OCC)OCC)CNC(=O)O. The highest BCUT2D eigenvalue weighted by Gasteiger charge is 2.39. The first-order chi connectivity index (χ1) is 11.8. The van der Waals surface area contributed by atoms with Crippen molar-refractivity contribution >= 4 is 20.9 Å². The monoisotopic (exact) mass is 377 g/mol. The summed E-state index contributed by atoms with van der Waals surface area (Å²) in [5.74, 6) is -0.542. The first kappa shape index (κ1) is 23.6. The summed E-state index contributed by atoms with van der Waals surface area (Å²) in [6.45, 7) is 12.2. The molecule has 25 heavy (non-hydrogen) atoms. The second-order valence-electron chi connectivity index (χ2n) is 5.37. The quantitative estimate of drug-likeness (QED) is 0.272. The van der Waals surface area contributed by atoms with Crippen molar-refractivity contribution < 1.29 is 32.7 Å². The second kappa shape index (κ2) is 12.9. The summed E-state index contributed by atoms with van der Waals surface area (Å²) in [6, 6.07) is 0.566. The molecule has 0 aliphatic carbocycles. The normalized spacial score (nSPS) is 12.5. The molecule has 146 valence electrons. The molecule has 0 saturated heterocycles. The molecule has 0 saturated carbocycles. The third-order valence-corrected chi connectivity index (χ3v) is 6.36. The van der Waals surface area contributed by atoms with Crippen LogP contribution in [0.1, 0.15) is 40.5 Å². The number of carbonyl (C=O) groups excluding carboxylic acids is 1. The topological polar surface area (TPSA) is 103 Å². The molecule has 0 aromatic rings. The number of hydrogen-bond donors (Lipinski definition) is 2. The van der Waals surface area contributed by atoms with E-state index in [0.29, 0.717) is 38.7 Å². The van der Waals surface area contributed by atoms with Gasteiger partial charge >= 0.3 is 20.9 Å². The first-order valence-corrected chi connectivity index (χ1v) is 10.5. The Morgan fingerprint density at radius 3 is 2.04 bits per heavy atom. The molecule has 0 radical (unpaired) electrons. The van der Waals surface area contributed by atoms with Crippen LogP contribution in [0.25, 0.3) is 0 Å². The third kappa shape index (κ3) is 10.2. The maximum atomic E-state index is 11.7. The molecule has 2 N–H and O–H groups in total. The number of amides is 1. The summed E-state index contributed by atoms with van der Waals surface area (Å²) in [5, 5.41) is 11.0. The molecule has 0 aromatic carbocycles. The zero-order valence-electron chi connectivity index (χ0n) is 15.6. The van der Waals surface area contributed by atoms with E-state index in [2.05, 4.69) is 11.9 Å². The number of ether oxygens (including phenoxy) is 1. The van der Waals surface area contributed by atoms with Gasteiger partial charge < -0.3 is 28.4 Å². The third-order valence-electron chi connectivity index (χ3n) is 3.20. The highest BCUT2D eigenvalue weighted by molar-refractivity contribution is 6.60. The summed E-state index contributed by atoms with van der Waals surface area (Å²) in [7, 11) is -2.76. The first-order valence-electron chi connectivity index (χ1n) is 8.55. The lowest BCUT2D eigenvalue weighted by Crippen LogP contribution is -2.46. The van der Waals surface area contributed by atoms with Crippen LogP contribution in [-0.4, -0.2) is 58.4 Å². The van der Waals surface area contributed by atoms with E-state index >= 15 is 0 Å². The van der Waals surface area contributed by atoms with E-state index in [0.717, 1.165) is 0 Å². The van der Waals surface area contributed by atoms with E-state index in [9.17, 15) is 9.59 Å². The van der Waals surface area contributed by atoms with E-state index in [1.807, 2.05) is 20.8 Å². The average Bonchev–Trinajstić information content (AvgIpc) is 2.52. The van der Waals surface area contributed by atoms with Gasteiger partial charge in [-0.25, -0.2) is 9.59 Å². The number of esters is 1. The molecule has 0 heterocycles. The van der Waals surface area contributed by atoms with Gasteiger partial charge in [0.2, 0.25) is 0 Å². The number of rotatable bonds is 14. The van der Waals surface area contributed by atoms with Gasteiger partial charge in [-0.2, -0.15) is 0 Å². The van der Waals surface area contributed by atoms with Crippen LogP contribution in [0.5, 0.6) is 0 Å². The van der Waals surface area contributed by atoms with Crippen LogP contribution < -0.4 is 5.32 Å². The zero-order valence-corrected chi connectivity index (χ0v) is 16.6. The van der Waals surface area contributed by atoms with Gasteiger partial charge in [-0.3, -0.25) is 0 Å². The lowest BCUT2D eigenvalue weighted by Gasteiger charge is -2.29. The molecular formula is C16H31NO7Si. The molecule has 0 rings (SSSR count). The minimum Gasteiger partial charge on any atom is -0.465 e. The molecule has 1 amide bonds. The molecule has 8 nitrogen and oxygen atoms in total. The molecular weight excluding hydrogens is 346 g/mol. The van der Waals surface area contributed by atoms with Gasteiger partial charge in [-0.15, -0.1) is 0 Å². The highest BCUT2D eigenvalue weighted by Crippen LogP contribution is 2.20. The predicted molar refractivity (Wildman–Crippen MR) is 95.4 cm³/mol. The van der Waals surface area contributed by atoms with Crippen molar-refractivity contribution in [2.24, 2.45) is 0 Å². The lowest BCUT2D eigenvalue weighted by molar-refractivity contribution is -0.144. The Labute approximate surface area is 150 Å². The summed E-state index contributed by atoms with van der Waals surface area (Å²) in [5.41, 5.74) is 0.266. The maximum absolute atomic E-state index is 11.7. The molecule has 0 bridgehead atoms. The number of nitrogens with one attached hydrogen (secondary N) is 1. The van der Waals surface area contributed by atoms with Gasteiger partial charge in [-0.1, -0.05) is 6.58 Å². The second-order valence-corrected chi connectivity index (χ2v) is 8.10. The number of carbonyl (C=O) groups is 2. The highest BCUT2D eigenvalue weighted by atomic mass is 28.4. The molecule has 0 aliphatic rings. The largest absolute Gasteiger partial charge is 0.500 e. The Morgan fingerprint density at radius 1 is 1.12 bits per heavy atom. The minimum atomic E-state index is -2.76. The van der Waals surface area contributed by atoms with Gasteiger partial charge in [0.1, 0.15) is 6.10 Å². The standard InChI is InChI=1S/C16H31NO7Si/c1-6-21-25(22-7-2,23-8-3)11-9-10-14(12-17-16(19)20)24-15(18)13(4)5/h14,17H,4,6-12H2,1-3,5H3,(H,19,20). The van der Waals surface area contributed by atoms with E-state index < -0.39 is 27.0 Å². The molecule has 0 spiro atoms. The molecule has 0 aliphatic heterocycles. The van der Waals surface area contributed by atoms with Crippen molar-refractivity contribution in [2.75, 3.05) is 26.4 Å². The van der Waals surface area contributed by atoms with Crippen molar-refractivity contribution in [2.45, 2.75) is 52.7 Å². The van der Waals surface area contributed by atoms with Crippen LogP contribution >= 0.6 is 0 Å².